The Morgan fingerprint density at radius 3 is 1.73 bits per heavy atom. The van der Waals surface area contributed by atoms with E-state index in [0.717, 1.165) is 0 Å². The summed E-state index contributed by atoms with van der Waals surface area (Å²) in [4.78, 5) is 22.7. The second-order valence-electron chi connectivity index (χ2n) is 2.74. The maximum Gasteiger partial charge on any atom is 0.320 e. The number of carbonyl (C=O) groups is 2. The highest BCUT2D eigenvalue weighted by Crippen LogP contribution is 2.08. The van der Waals surface area contributed by atoms with Crippen LogP contribution in [-0.2, 0) is 19.1 Å². The molecular weight excluding hydrogens is 236 g/mol. The van der Waals surface area contributed by atoms with Crippen molar-refractivity contribution in [2.24, 2.45) is 5.92 Å². The van der Waals surface area contributed by atoms with Gasteiger partial charge in [-0.3, -0.25) is 9.59 Å². The zero-order chi connectivity index (χ0) is 11.7. The summed E-state index contributed by atoms with van der Waals surface area (Å²) in [6.45, 7) is 2.14. The molecule has 0 rings (SSSR count). The van der Waals surface area contributed by atoms with Crippen molar-refractivity contribution in [1.82, 2.24) is 0 Å². The Bertz CT molecular complexity index is 188. The van der Waals surface area contributed by atoms with Crippen molar-refractivity contribution in [3.8, 4) is 0 Å². The highest BCUT2D eigenvalue weighted by Gasteiger charge is 2.27. The standard InChI is InChI=1S/C9H16O4S2/c1-2-7(8(10)12-3-5-14)9(11)13-4-6-15/h7,14-15H,2-6H2,1H3. The SMILES string of the molecule is CCC(C(=O)OCCS)C(=O)OCCS. The third-order valence-electron chi connectivity index (χ3n) is 1.65. The maximum atomic E-state index is 11.4. The van der Waals surface area contributed by atoms with Gasteiger partial charge < -0.3 is 9.47 Å². The molecule has 0 aromatic carbocycles. The van der Waals surface area contributed by atoms with Crippen molar-refractivity contribution in [3.63, 3.8) is 0 Å². The van der Waals surface area contributed by atoms with Crippen LogP contribution in [0.4, 0.5) is 0 Å². The van der Waals surface area contributed by atoms with Crippen molar-refractivity contribution in [3.05, 3.63) is 0 Å². The van der Waals surface area contributed by atoms with E-state index in [0.29, 0.717) is 17.9 Å². The van der Waals surface area contributed by atoms with Crippen LogP contribution in [0.15, 0.2) is 0 Å². The molecule has 0 aliphatic carbocycles. The first-order valence-corrected chi connectivity index (χ1v) is 5.98. The lowest BCUT2D eigenvalue weighted by Gasteiger charge is -2.12. The molecule has 0 spiro atoms. The molecule has 15 heavy (non-hydrogen) atoms. The van der Waals surface area contributed by atoms with E-state index in [1.165, 1.54) is 0 Å². The molecule has 0 aromatic rings. The van der Waals surface area contributed by atoms with Crippen LogP contribution in [0, 0.1) is 5.92 Å². The van der Waals surface area contributed by atoms with Gasteiger partial charge in [0.2, 0.25) is 0 Å². The van der Waals surface area contributed by atoms with Crippen LogP contribution in [0.3, 0.4) is 0 Å². The Labute approximate surface area is 101 Å². The lowest BCUT2D eigenvalue weighted by Crippen LogP contribution is -2.28. The number of hydrogen-bond acceptors (Lipinski definition) is 6. The van der Waals surface area contributed by atoms with Crippen LogP contribution in [-0.4, -0.2) is 36.7 Å². The van der Waals surface area contributed by atoms with Crippen LogP contribution < -0.4 is 0 Å². The Morgan fingerprint density at radius 1 is 1.07 bits per heavy atom. The van der Waals surface area contributed by atoms with Crippen LogP contribution in [0.25, 0.3) is 0 Å². The Balaban J connectivity index is 4.09. The number of thiol groups is 2. The fourth-order valence-corrected chi connectivity index (χ4v) is 1.11. The molecule has 88 valence electrons. The van der Waals surface area contributed by atoms with Crippen LogP contribution >= 0.6 is 25.3 Å². The summed E-state index contributed by atoms with van der Waals surface area (Å²) in [5, 5.41) is 0. The summed E-state index contributed by atoms with van der Waals surface area (Å²) < 4.78 is 9.62. The largest absolute Gasteiger partial charge is 0.464 e. The van der Waals surface area contributed by atoms with Crippen molar-refractivity contribution in [2.75, 3.05) is 24.7 Å². The smallest absolute Gasteiger partial charge is 0.320 e. The molecule has 0 heterocycles. The lowest BCUT2D eigenvalue weighted by molar-refractivity contribution is -0.161. The van der Waals surface area contributed by atoms with Gasteiger partial charge in [0.05, 0.1) is 0 Å². The minimum atomic E-state index is -0.829. The average molecular weight is 252 g/mol. The molecule has 0 aliphatic heterocycles. The van der Waals surface area contributed by atoms with Crippen molar-refractivity contribution >= 4 is 37.2 Å². The zero-order valence-electron chi connectivity index (χ0n) is 8.64. The van der Waals surface area contributed by atoms with Crippen LogP contribution in [0.2, 0.25) is 0 Å². The van der Waals surface area contributed by atoms with E-state index in [4.69, 9.17) is 9.47 Å². The van der Waals surface area contributed by atoms with Gasteiger partial charge in [-0.15, -0.1) is 0 Å². The lowest BCUT2D eigenvalue weighted by atomic mass is 10.1. The molecule has 0 unspecified atom stereocenters. The summed E-state index contributed by atoms with van der Waals surface area (Å²) >= 11 is 7.80. The molecule has 0 fully saturated rings. The quantitative estimate of drug-likeness (QED) is 0.402. The Kier molecular flexibility index (Phi) is 8.70. The van der Waals surface area contributed by atoms with Gasteiger partial charge in [0.25, 0.3) is 0 Å². The van der Waals surface area contributed by atoms with E-state index in [1.807, 2.05) is 0 Å². The molecule has 0 aliphatic rings. The van der Waals surface area contributed by atoms with Gasteiger partial charge in [0, 0.05) is 11.5 Å². The first kappa shape index (κ1) is 14.6. The average Bonchev–Trinajstić information content (AvgIpc) is 2.24. The van der Waals surface area contributed by atoms with Gasteiger partial charge in [-0.1, -0.05) is 6.92 Å². The molecular formula is C9H16O4S2. The van der Waals surface area contributed by atoms with E-state index in [9.17, 15) is 9.59 Å². The van der Waals surface area contributed by atoms with Gasteiger partial charge in [0.1, 0.15) is 13.2 Å². The first-order chi connectivity index (χ1) is 7.17. The summed E-state index contributed by atoms with van der Waals surface area (Å²) in [6, 6.07) is 0. The van der Waals surface area contributed by atoms with E-state index >= 15 is 0 Å². The highest BCUT2D eigenvalue weighted by atomic mass is 32.1. The van der Waals surface area contributed by atoms with E-state index in [2.05, 4.69) is 25.3 Å². The second-order valence-corrected chi connectivity index (χ2v) is 3.64. The van der Waals surface area contributed by atoms with Gasteiger partial charge >= 0.3 is 11.9 Å². The van der Waals surface area contributed by atoms with E-state index in [-0.39, 0.29) is 13.2 Å². The summed E-state index contributed by atoms with van der Waals surface area (Å²) in [6.07, 6.45) is 0.372. The third-order valence-corrected chi connectivity index (χ3v) is 2.01. The van der Waals surface area contributed by atoms with Crippen molar-refractivity contribution < 1.29 is 19.1 Å². The van der Waals surface area contributed by atoms with Gasteiger partial charge in [0.15, 0.2) is 5.92 Å². The van der Waals surface area contributed by atoms with Crippen molar-refractivity contribution in [2.45, 2.75) is 13.3 Å². The summed E-state index contributed by atoms with van der Waals surface area (Å²) in [5.74, 6) is -1.04. The van der Waals surface area contributed by atoms with Crippen LogP contribution in [0.5, 0.6) is 0 Å². The maximum absolute atomic E-state index is 11.4. The Hall–Kier alpha value is -0.360. The molecule has 0 saturated carbocycles. The van der Waals surface area contributed by atoms with Crippen LogP contribution in [0.1, 0.15) is 13.3 Å². The van der Waals surface area contributed by atoms with Gasteiger partial charge in [-0.2, -0.15) is 25.3 Å². The monoisotopic (exact) mass is 252 g/mol. The number of carbonyl (C=O) groups excluding carboxylic acids is 2. The highest BCUT2D eigenvalue weighted by molar-refractivity contribution is 7.80. The molecule has 0 atom stereocenters. The molecule has 4 nitrogen and oxygen atoms in total. The number of hydrogen-bond donors (Lipinski definition) is 2. The fourth-order valence-electron chi connectivity index (χ4n) is 0.923. The minimum Gasteiger partial charge on any atom is -0.464 e. The molecule has 0 amide bonds. The third kappa shape index (κ3) is 5.94. The minimum absolute atomic E-state index is 0.207. The normalized spacial score (nSPS) is 10.1. The molecule has 6 heteroatoms. The Morgan fingerprint density at radius 2 is 1.47 bits per heavy atom. The predicted octanol–water partition coefficient (Wildman–Crippen LogP) is 0.959. The molecule has 0 bridgehead atoms. The van der Waals surface area contributed by atoms with Gasteiger partial charge in [-0.25, -0.2) is 0 Å². The number of ether oxygens (including phenoxy) is 2. The summed E-state index contributed by atoms with van der Waals surface area (Å²) in [7, 11) is 0. The molecule has 0 aromatic heterocycles. The first-order valence-electron chi connectivity index (χ1n) is 4.72. The molecule has 0 N–H and O–H groups in total. The van der Waals surface area contributed by atoms with E-state index < -0.39 is 17.9 Å². The van der Waals surface area contributed by atoms with E-state index in [1.54, 1.807) is 6.92 Å². The van der Waals surface area contributed by atoms with Crippen molar-refractivity contribution in [1.29, 1.82) is 0 Å². The topological polar surface area (TPSA) is 52.6 Å². The molecule has 0 saturated heterocycles. The number of rotatable bonds is 7. The molecule has 0 radical (unpaired) electrons. The number of esters is 2. The summed E-state index contributed by atoms with van der Waals surface area (Å²) in [5.41, 5.74) is 0. The zero-order valence-corrected chi connectivity index (χ0v) is 10.4. The fraction of sp³-hybridized carbons (Fsp3) is 0.778. The second kappa shape index (κ2) is 8.91. The van der Waals surface area contributed by atoms with Gasteiger partial charge in [-0.05, 0) is 6.42 Å². The predicted molar refractivity (Wildman–Crippen MR) is 63.4 cm³/mol.